The summed E-state index contributed by atoms with van der Waals surface area (Å²) >= 11 is 6.15. The summed E-state index contributed by atoms with van der Waals surface area (Å²) in [5, 5.41) is 0.155. The number of epoxide rings is 1. The third-order valence-electron chi connectivity index (χ3n) is 7.38. The predicted molar refractivity (Wildman–Crippen MR) is 111 cm³/mol. The summed E-state index contributed by atoms with van der Waals surface area (Å²) < 4.78 is 25.5. The van der Waals surface area contributed by atoms with Gasteiger partial charge in [0.25, 0.3) is 0 Å². The maximum Gasteiger partial charge on any atom is 0.183 e. The smallest absolute Gasteiger partial charge is 0.183 e. The van der Waals surface area contributed by atoms with Crippen LogP contribution in [0.15, 0.2) is 12.1 Å². The van der Waals surface area contributed by atoms with Gasteiger partial charge < -0.3 is 9.47 Å². The first-order valence-corrected chi connectivity index (χ1v) is 11.8. The first-order valence-electron chi connectivity index (χ1n) is 11.4. The zero-order valence-electron chi connectivity index (χ0n) is 17.1. The Morgan fingerprint density at radius 1 is 1.00 bits per heavy atom. The molecular weight excluding hydrogens is 375 g/mol. The zero-order valence-corrected chi connectivity index (χ0v) is 17.9. The van der Waals surface area contributed by atoms with Gasteiger partial charge in [0.1, 0.15) is 6.10 Å². The van der Waals surface area contributed by atoms with E-state index in [1.807, 2.05) is 6.07 Å². The Labute approximate surface area is 174 Å². The molecule has 0 aromatic heterocycles. The van der Waals surface area contributed by atoms with Gasteiger partial charge in [0.15, 0.2) is 11.6 Å². The van der Waals surface area contributed by atoms with Gasteiger partial charge in [-0.15, -0.1) is 0 Å². The van der Waals surface area contributed by atoms with Crippen molar-refractivity contribution < 1.29 is 13.9 Å². The van der Waals surface area contributed by atoms with E-state index in [0.29, 0.717) is 19.1 Å². The Morgan fingerprint density at radius 2 is 1.61 bits per heavy atom. The molecule has 156 valence electrons. The summed E-state index contributed by atoms with van der Waals surface area (Å²) in [6.07, 6.45) is 13.6. The fraction of sp³-hybridized carbons (Fsp3) is 0.750. The molecule has 2 saturated carbocycles. The first-order chi connectivity index (χ1) is 13.7. The van der Waals surface area contributed by atoms with Crippen LogP contribution in [-0.2, 0) is 4.74 Å². The molecular formula is C24H34ClFO2. The van der Waals surface area contributed by atoms with E-state index < -0.39 is 5.82 Å². The van der Waals surface area contributed by atoms with Crippen molar-refractivity contribution in [1.29, 1.82) is 0 Å². The summed E-state index contributed by atoms with van der Waals surface area (Å²) in [6, 6.07) is 3.54. The molecule has 1 aromatic carbocycles. The van der Waals surface area contributed by atoms with Crippen LogP contribution in [0, 0.1) is 29.5 Å². The fourth-order valence-electron chi connectivity index (χ4n) is 5.52. The number of benzene rings is 1. The monoisotopic (exact) mass is 408 g/mol. The van der Waals surface area contributed by atoms with E-state index in [0.717, 1.165) is 23.3 Å². The van der Waals surface area contributed by atoms with Crippen molar-refractivity contribution in [3.8, 4) is 5.75 Å². The highest BCUT2D eigenvalue weighted by molar-refractivity contribution is 6.31. The van der Waals surface area contributed by atoms with Crippen molar-refractivity contribution in [3.05, 3.63) is 28.5 Å². The lowest BCUT2D eigenvalue weighted by molar-refractivity contribution is 0.120. The van der Waals surface area contributed by atoms with E-state index >= 15 is 0 Å². The molecule has 1 unspecified atom stereocenters. The minimum Gasteiger partial charge on any atom is -0.490 e. The van der Waals surface area contributed by atoms with Crippen molar-refractivity contribution in [2.45, 2.75) is 77.2 Å². The number of rotatable bonds is 7. The normalized spacial score (nSPS) is 32.9. The molecule has 4 heteroatoms. The molecule has 0 radical (unpaired) electrons. The maximum absolute atomic E-state index is 14.5. The Balaban J connectivity index is 1.21. The number of hydrogen-bond donors (Lipinski definition) is 0. The summed E-state index contributed by atoms with van der Waals surface area (Å²) in [5.41, 5.74) is 0.737. The largest absolute Gasteiger partial charge is 0.490 e. The third kappa shape index (κ3) is 4.84. The summed E-state index contributed by atoms with van der Waals surface area (Å²) in [7, 11) is 0. The van der Waals surface area contributed by atoms with Crippen LogP contribution in [0.1, 0.15) is 82.8 Å². The van der Waals surface area contributed by atoms with Gasteiger partial charge in [-0.1, -0.05) is 50.3 Å². The molecule has 1 saturated heterocycles. The molecule has 1 aromatic rings. The molecule has 0 spiro atoms. The number of halogens is 2. The molecule has 2 aliphatic carbocycles. The average molecular weight is 409 g/mol. The minimum absolute atomic E-state index is 0.0385. The van der Waals surface area contributed by atoms with Gasteiger partial charge in [-0.05, 0) is 68.3 Å². The van der Waals surface area contributed by atoms with Crippen LogP contribution in [0.5, 0.6) is 5.75 Å². The van der Waals surface area contributed by atoms with Crippen molar-refractivity contribution in [2.24, 2.45) is 23.7 Å². The average Bonchev–Trinajstić information content (AvgIpc) is 3.56. The first kappa shape index (κ1) is 20.5. The third-order valence-corrected chi connectivity index (χ3v) is 7.76. The van der Waals surface area contributed by atoms with Crippen LogP contribution in [0.3, 0.4) is 0 Å². The van der Waals surface area contributed by atoms with Crippen molar-refractivity contribution in [3.63, 3.8) is 0 Å². The highest BCUT2D eigenvalue weighted by Gasteiger charge is 2.32. The molecule has 1 atom stereocenters. The Bertz CT molecular complexity index is 644. The van der Waals surface area contributed by atoms with Gasteiger partial charge in [-0.2, -0.15) is 0 Å². The van der Waals surface area contributed by atoms with E-state index in [-0.39, 0.29) is 16.9 Å². The second-order valence-electron chi connectivity index (χ2n) is 9.26. The van der Waals surface area contributed by atoms with Crippen molar-refractivity contribution in [2.75, 3.05) is 13.2 Å². The van der Waals surface area contributed by atoms with Crippen LogP contribution in [0.4, 0.5) is 4.39 Å². The van der Waals surface area contributed by atoms with Gasteiger partial charge in [0, 0.05) is 5.56 Å². The zero-order chi connectivity index (χ0) is 19.5. The van der Waals surface area contributed by atoms with E-state index in [2.05, 4.69) is 6.92 Å². The molecule has 2 nitrogen and oxygen atoms in total. The molecule has 1 heterocycles. The minimum atomic E-state index is -0.438. The van der Waals surface area contributed by atoms with Crippen LogP contribution in [0.2, 0.25) is 5.02 Å². The lowest BCUT2D eigenvalue weighted by Gasteiger charge is -2.37. The summed E-state index contributed by atoms with van der Waals surface area (Å²) in [5.74, 6) is 3.23. The quantitative estimate of drug-likeness (QED) is 0.440. The van der Waals surface area contributed by atoms with Crippen LogP contribution in [0.25, 0.3) is 0 Å². The fourth-order valence-corrected chi connectivity index (χ4v) is 5.80. The van der Waals surface area contributed by atoms with Crippen LogP contribution in [-0.4, -0.2) is 13.2 Å². The van der Waals surface area contributed by atoms with Crippen molar-refractivity contribution in [1.82, 2.24) is 0 Å². The Hall–Kier alpha value is -0.800. The molecule has 3 fully saturated rings. The van der Waals surface area contributed by atoms with Gasteiger partial charge >= 0.3 is 0 Å². The van der Waals surface area contributed by atoms with Gasteiger partial charge in [-0.3, -0.25) is 0 Å². The summed E-state index contributed by atoms with van der Waals surface area (Å²) in [4.78, 5) is 0. The molecule has 0 N–H and O–H groups in total. The number of hydrogen-bond acceptors (Lipinski definition) is 2. The maximum atomic E-state index is 14.5. The molecule has 0 bridgehead atoms. The molecule has 1 aliphatic heterocycles. The Kier molecular flexibility index (Phi) is 6.83. The van der Waals surface area contributed by atoms with E-state index in [9.17, 15) is 4.39 Å². The van der Waals surface area contributed by atoms with Crippen LogP contribution >= 0.6 is 11.6 Å². The SMILES string of the molecule is CCCC1CCC(C2CCC(COc3ccc(C4CO4)c(Cl)c3F)CC2)CC1. The van der Waals surface area contributed by atoms with Gasteiger partial charge in [-0.25, -0.2) is 4.39 Å². The standard InChI is InChI=1S/C24H34ClFO2/c1-2-3-16-4-8-18(9-5-16)19-10-6-17(7-11-19)14-27-21-13-12-20(22-15-28-22)23(25)24(21)26/h12-13,16-19,22H,2-11,14-15H2,1H3. The van der Waals surface area contributed by atoms with E-state index in [1.54, 1.807) is 6.07 Å². The Morgan fingerprint density at radius 3 is 2.18 bits per heavy atom. The van der Waals surface area contributed by atoms with Crippen LogP contribution < -0.4 is 4.74 Å². The molecule has 3 aliphatic rings. The molecule has 28 heavy (non-hydrogen) atoms. The van der Waals surface area contributed by atoms with Crippen molar-refractivity contribution >= 4 is 11.6 Å². The summed E-state index contributed by atoms with van der Waals surface area (Å²) in [6.45, 7) is 3.54. The topological polar surface area (TPSA) is 21.8 Å². The predicted octanol–water partition coefficient (Wildman–Crippen LogP) is 7.34. The number of ether oxygens (including phenoxy) is 2. The van der Waals surface area contributed by atoms with Gasteiger partial charge in [0.05, 0.1) is 18.2 Å². The highest BCUT2D eigenvalue weighted by atomic mass is 35.5. The molecule has 4 rings (SSSR count). The van der Waals surface area contributed by atoms with E-state index in [1.165, 1.54) is 64.2 Å². The second kappa shape index (κ2) is 9.34. The second-order valence-corrected chi connectivity index (χ2v) is 9.64. The highest BCUT2D eigenvalue weighted by Crippen LogP contribution is 2.43. The van der Waals surface area contributed by atoms with E-state index in [4.69, 9.17) is 21.1 Å². The lowest BCUT2D eigenvalue weighted by atomic mass is 9.69. The lowest BCUT2D eigenvalue weighted by Crippen LogP contribution is -2.27. The van der Waals surface area contributed by atoms with Gasteiger partial charge in [0.2, 0.25) is 0 Å². The molecule has 0 amide bonds.